The number of carbonyl (C=O) groups is 3. The molecule has 0 aromatic heterocycles. The van der Waals surface area contributed by atoms with Gasteiger partial charge < -0.3 is 20.1 Å². The molecule has 0 aliphatic rings. The van der Waals surface area contributed by atoms with Gasteiger partial charge in [0.05, 0.1) is 24.5 Å². The molecule has 2 aromatic carbocycles. The van der Waals surface area contributed by atoms with Gasteiger partial charge in [-0.05, 0) is 36.3 Å². The van der Waals surface area contributed by atoms with Crippen molar-refractivity contribution < 1.29 is 24.2 Å². The number of allylic oxidation sites excluding steroid dienone is 2. The van der Waals surface area contributed by atoms with Gasteiger partial charge in [0.25, 0.3) is 0 Å². The molecule has 0 aliphatic heterocycles. The zero-order valence-electron chi connectivity index (χ0n) is 23.8. The lowest BCUT2D eigenvalue weighted by molar-refractivity contribution is -0.150. The lowest BCUT2D eigenvalue weighted by Gasteiger charge is -2.27. The number of aliphatic hydroxyl groups is 1. The summed E-state index contributed by atoms with van der Waals surface area (Å²) in [5, 5.41) is 12.5. The van der Waals surface area contributed by atoms with Crippen LogP contribution in [-0.4, -0.2) is 53.6 Å². The van der Waals surface area contributed by atoms with E-state index in [0.717, 1.165) is 11.1 Å². The molecule has 0 heterocycles. The van der Waals surface area contributed by atoms with E-state index in [1.165, 1.54) is 0 Å². The SMILES string of the molecule is C=CC[C@H](CC(=O)N(CCO)Cc1ccccc1)C(=O)N[C@H](COC(=O)[C@H](CC=C)Cc1ccccc1)C(C)C. The minimum atomic E-state index is -0.634. The number of hydrogen-bond acceptors (Lipinski definition) is 5. The molecule has 0 fully saturated rings. The normalized spacial score (nSPS) is 13.1. The van der Waals surface area contributed by atoms with E-state index in [1.807, 2.05) is 74.5 Å². The molecule has 0 bridgehead atoms. The highest BCUT2D eigenvalue weighted by atomic mass is 16.5. The number of benzene rings is 2. The van der Waals surface area contributed by atoms with Crippen LogP contribution in [-0.2, 0) is 32.1 Å². The van der Waals surface area contributed by atoms with Crippen LogP contribution < -0.4 is 5.32 Å². The number of nitrogens with one attached hydrogen (secondary N) is 1. The highest BCUT2D eigenvalue weighted by Gasteiger charge is 2.28. The van der Waals surface area contributed by atoms with Crippen molar-refractivity contribution in [1.29, 1.82) is 0 Å². The van der Waals surface area contributed by atoms with Crippen LogP contribution in [0, 0.1) is 17.8 Å². The molecule has 216 valence electrons. The van der Waals surface area contributed by atoms with Gasteiger partial charge in [-0.2, -0.15) is 0 Å². The number of amides is 2. The standard InChI is InChI=1S/C33H44N2O5/c1-5-13-28(22-31(37)35(19-20-36)23-27-17-11-8-12-18-27)32(38)34-30(25(3)4)24-40-33(39)29(14-6-2)21-26-15-9-7-10-16-26/h5-12,15-18,25,28-30,36H,1-2,13-14,19-24H2,3-4H3,(H,34,38)/t28-,29-,30-/m1/s1. The van der Waals surface area contributed by atoms with E-state index in [9.17, 15) is 19.5 Å². The summed E-state index contributed by atoms with van der Waals surface area (Å²) in [5.41, 5.74) is 1.98. The third-order valence-electron chi connectivity index (χ3n) is 6.83. The lowest BCUT2D eigenvalue weighted by Crippen LogP contribution is -2.46. The Labute approximate surface area is 238 Å². The molecule has 3 atom stereocenters. The molecule has 2 rings (SSSR count). The Balaban J connectivity index is 2.02. The molecule has 0 radical (unpaired) electrons. The van der Waals surface area contributed by atoms with Gasteiger partial charge in [0.2, 0.25) is 11.8 Å². The quantitative estimate of drug-likeness (QED) is 0.208. The Hall–Kier alpha value is -3.71. The fourth-order valence-electron chi connectivity index (χ4n) is 4.39. The average Bonchev–Trinajstić information content (AvgIpc) is 2.95. The third-order valence-corrected chi connectivity index (χ3v) is 6.83. The van der Waals surface area contributed by atoms with Crippen LogP contribution in [0.25, 0.3) is 0 Å². The van der Waals surface area contributed by atoms with Gasteiger partial charge in [-0.1, -0.05) is 86.7 Å². The molecule has 2 N–H and O–H groups in total. The highest BCUT2D eigenvalue weighted by Crippen LogP contribution is 2.18. The first-order valence-electron chi connectivity index (χ1n) is 13.9. The minimum absolute atomic E-state index is 0.00669. The lowest BCUT2D eigenvalue weighted by atomic mass is 9.96. The number of nitrogens with zero attached hydrogens (tertiary/aromatic N) is 1. The molecular formula is C33H44N2O5. The maximum atomic E-state index is 13.3. The monoisotopic (exact) mass is 548 g/mol. The molecule has 2 amide bonds. The van der Waals surface area contributed by atoms with Gasteiger partial charge in [0.15, 0.2) is 0 Å². The smallest absolute Gasteiger partial charge is 0.309 e. The fraction of sp³-hybridized carbons (Fsp3) is 0.424. The molecule has 7 nitrogen and oxygen atoms in total. The summed E-state index contributed by atoms with van der Waals surface area (Å²) in [4.78, 5) is 41.0. The van der Waals surface area contributed by atoms with Crippen molar-refractivity contribution in [3.63, 3.8) is 0 Å². The highest BCUT2D eigenvalue weighted by molar-refractivity contribution is 5.86. The van der Waals surface area contributed by atoms with Crippen molar-refractivity contribution in [3.8, 4) is 0 Å². The van der Waals surface area contributed by atoms with Crippen LogP contribution in [0.4, 0.5) is 0 Å². The van der Waals surface area contributed by atoms with E-state index in [2.05, 4.69) is 18.5 Å². The first-order chi connectivity index (χ1) is 19.3. The predicted molar refractivity (Wildman–Crippen MR) is 158 cm³/mol. The second kappa shape index (κ2) is 17.8. The summed E-state index contributed by atoms with van der Waals surface area (Å²) in [6.45, 7) is 11.8. The van der Waals surface area contributed by atoms with Crippen LogP contribution in [0.1, 0.15) is 44.2 Å². The Morgan fingerprint density at radius 1 is 0.925 bits per heavy atom. The Kier molecular flexibility index (Phi) is 14.5. The van der Waals surface area contributed by atoms with Crippen LogP contribution in [0.5, 0.6) is 0 Å². The molecule has 0 saturated heterocycles. The molecule has 0 spiro atoms. The van der Waals surface area contributed by atoms with Gasteiger partial charge in [-0.3, -0.25) is 14.4 Å². The summed E-state index contributed by atoms with van der Waals surface area (Å²) in [6, 6.07) is 18.9. The van der Waals surface area contributed by atoms with E-state index in [-0.39, 0.29) is 55.8 Å². The third kappa shape index (κ3) is 11.2. The number of hydrogen-bond donors (Lipinski definition) is 2. The average molecular weight is 549 g/mol. The zero-order valence-corrected chi connectivity index (χ0v) is 23.8. The first kappa shape index (κ1) is 32.5. The number of esters is 1. The molecule has 0 saturated carbocycles. The van der Waals surface area contributed by atoms with Gasteiger partial charge >= 0.3 is 5.97 Å². The Morgan fingerprint density at radius 2 is 1.50 bits per heavy atom. The number of carbonyl (C=O) groups excluding carboxylic acids is 3. The number of rotatable bonds is 18. The van der Waals surface area contributed by atoms with Gasteiger partial charge in [0.1, 0.15) is 6.61 Å². The zero-order chi connectivity index (χ0) is 29.3. The van der Waals surface area contributed by atoms with E-state index in [4.69, 9.17) is 4.74 Å². The summed E-state index contributed by atoms with van der Waals surface area (Å²) in [7, 11) is 0. The summed E-state index contributed by atoms with van der Waals surface area (Å²) < 4.78 is 5.69. The van der Waals surface area contributed by atoms with E-state index in [0.29, 0.717) is 25.8 Å². The largest absolute Gasteiger partial charge is 0.463 e. The molecule has 40 heavy (non-hydrogen) atoms. The van der Waals surface area contributed by atoms with Crippen molar-refractivity contribution in [2.24, 2.45) is 17.8 Å². The van der Waals surface area contributed by atoms with Crippen LogP contribution in [0.2, 0.25) is 0 Å². The van der Waals surface area contributed by atoms with Crippen LogP contribution in [0.15, 0.2) is 86.0 Å². The summed E-state index contributed by atoms with van der Waals surface area (Å²) in [6.07, 6.45) is 4.67. The van der Waals surface area contributed by atoms with Crippen LogP contribution in [0.3, 0.4) is 0 Å². The van der Waals surface area contributed by atoms with E-state index in [1.54, 1.807) is 17.1 Å². The second-order valence-electron chi connectivity index (χ2n) is 10.4. The van der Waals surface area contributed by atoms with Gasteiger partial charge in [0, 0.05) is 19.5 Å². The number of aliphatic hydroxyl groups excluding tert-OH is 1. The van der Waals surface area contributed by atoms with E-state index < -0.39 is 12.0 Å². The second-order valence-corrected chi connectivity index (χ2v) is 10.4. The first-order valence-corrected chi connectivity index (χ1v) is 13.9. The molecular weight excluding hydrogens is 504 g/mol. The molecule has 7 heteroatoms. The Bertz CT molecular complexity index is 1070. The van der Waals surface area contributed by atoms with Gasteiger partial charge in [-0.25, -0.2) is 0 Å². The maximum absolute atomic E-state index is 13.3. The maximum Gasteiger partial charge on any atom is 0.309 e. The van der Waals surface area contributed by atoms with E-state index >= 15 is 0 Å². The van der Waals surface area contributed by atoms with Crippen molar-refractivity contribution in [3.05, 3.63) is 97.1 Å². The molecule has 2 aromatic rings. The molecule has 0 unspecified atom stereocenters. The molecule has 0 aliphatic carbocycles. The van der Waals surface area contributed by atoms with Crippen molar-refractivity contribution >= 4 is 17.8 Å². The van der Waals surface area contributed by atoms with Gasteiger partial charge in [-0.15, -0.1) is 13.2 Å². The van der Waals surface area contributed by atoms with Crippen molar-refractivity contribution in [1.82, 2.24) is 10.2 Å². The van der Waals surface area contributed by atoms with Crippen LogP contribution >= 0.6 is 0 Å². The van der Waals surface area contributed by atoms with Crippen molar-refractivity contribution in [2.45, 2.75) is 52.1 Å². The minimum Gasteiger partial charge on any atom is -0.463 e. The van der Waals surface area contributed by atoms with Crippen molar-refractivity contribution in [2.75, 3.05) is 19.8 Å². The predicted octanol–water partition coefficient (Wildman–Crippen LogP) is 4.71. The Morgan fingerprint density at radius 3 is 2.05 bits per heavy atom. The summed E-state index contributed by atoms with van der Waals surface area (Å²) >= 11 is 0. The summed E-state index contributed by atoms with van der Waals surface area (Å²) in [5.74, 6) is -1.85. The topological polar surface area (TPSA) is 95.9 Å². The number of ether oxygens (including phenoxy) is 1. The fourth-order valence-corrected chi connectivity index (χ4v) is 4.39.